The number of benzene rings is 2. The van der Waals surface area contributed by atoms with E-state index in [4.69, 9.17) is 4.74 Å². The van der Waals surface area contributed by atoms with E-state index in [2.05, 4.69) is 42.5 Å². The molecule has 0 atom stereocenters. The number of anilines is 2. The first kappa shape index (κ1) is 23.2. The second-order valence-electron chi connectivity index (χ2n) is 9.47. The summed E-state index contributed by atoms with van der Waals surface area (Å²) in [6, 6.07) is 18.7. The molecular weight excluding hydrogens is 426 g/mol. The summed E-state index contributed by atoms with van der Waals surface area (Å²) in [6.07, 6.45) is 6.71. The first-order valence-corrected chi connectivity index (χ1v) is 11.4. The molecule has 2 amide bonds. The molecule has 1 heterocycles. The number of pyridine rings is 1. The van der Waals surface area contributed by atoms with E-state index in [1.807, 2.05) is 42.5 Å². The van der Waals surface area contributed by atoms with E-state index in [-0.39, 0.29) is 23.1 Å². The number of nitrogens with one attached hydrogen (secondary N) is 2. The highest BCUT2D eigenvalue weighted by Crippen LogP contribution is 2.31. The predicted molar refractivity (Wildman–Crippen MR) is 135 cm³/mol. The molecule has 1 saturated carbocycles. The van der Waals surface area contributed by atoms with Gasteiger partial charge in [0.05, 0.1) is 0 Å². The highest BCUT2D eigenvalue weighted by Gasteiger charge is 2.29. The van der Waals surface area contributed by atoms with E-state index in [0.29, 0.717) is 17.3 Å². The minimum Gasteiger partial charge on any atom is -0.457 e. The average Bonchev–Trinajstić information content (AvgIpc) is 3.64. The van der Waals surface area contributed by atoms with Gasteiger partial charge in [-0.3, -0.25) is 9.59 Å². The summed E-state index contributed by atoms with van der Waals surface area (Å²) in [4.78, 5) is 28.6. The van der Waals surface area contributed by atoms with Crippen molar-refractivity contribution in [3.05, 3.63) is 84.1 Å². The number of ether oxygens (including phenoxy) is 1. The Kier molecular flexibility index (Phi) is 6.77. The maximum atomic E-state index is 12.4. The van der Waals surface area contributed by atoms with Gasteiger partial charge in [-0.05, 0) is 65.8 Å². The molecule has 34 heavy (non-hydrogen) atoms. The monoisotopic (exact) mass is 455 g/mol. The minimum absolute atomic E-state index is 0.000180. The number of carbonyl (C=O) groups is 2. The van der Waals surface area contributed by atoms with Gasteiger partial charge in [0, 0.05) is 29.9 Å². The lowest BCUT2D eigenvalue weighted by Crippen LogP contribution is -2.14. The van der Waals surface area contributed by atoms with Gasteiger partial charge in [0.1, 0.15) is 17.3 Å². The van der Waals surface area contributed by atoms with Crippen molar-refractivity contribution in [2.24, 2.45) is 5.92 Å². The first-order valence-electron chi connectivity index (χ1n) is 11.4. The highest BCUT2D eigenvalue weighted by atomic mass is 16.5. The van der Waals surface area contributed by atoms with Crippen LogP contribution in [0.1, 0.15) is 44.7 Å². The van der Waals surface area contributed by atoms with E-state index in [1.54, 1.807) is 24.4 Å². The number of amides is 2. The third kappa shape index (κ3) is 6.54. The lowest BCUT2D eigenvalue weighted by Gasteiger charge is -2.19. The normalized spacial score (nSPS) is 13.5. The topological polar surface area (TPSA) is 80.3 Å². The van der Waals surface area contributed by atoms with Crippen molar-refractivity contribution >= 4 is 29.4 Å². The second-order valence-corrected chi connectivity index (χ2v) is 9.47. The lowest BCUT2D eigenvalue weighted by molar-refractivity contribution is -0.117. The van der Waals surface area contributed by atoms with Crippen molar-refractivity contribution in [2.45, 2.75) is 39.0 Å². The Morgan fingerprint density at radius 2 is 1.74 bits per heavy atom. The van der Waals surface area contributed by atoms with Crippen LogP contribution in [0.3, 0.4) is 0 Å². The van der Waals surface area contributed by atoms with Crippen LogP contribution in [-0.4, -0.2) is 16.8 Å². The summed E-state index contributed by atoms with van der Waals surface area (Å²) in [6.45, 7) is 6.42. The molecule has 0 saturated heterocycles. The number of hydrogen-bond donors (Lipinski definition) is 2. The molecule has 0 bridgehead atoms. The molecule has 6 nitrogen and oxygen atoms in total. The number of aromatic nitrogens is 1. The van der Waals surface area contributed by atoms with Gasteiger partial charge < -0.3 is 15.4 Å². The van der Waals surface area contributed by atoms with E-state index in [0.717, 1.165) is 29.7 Å². The molecule has 0 radical (unpaired) electrons. The maximum absolute atomic E-state index is 12.4. The minimum atomic E-state index is -0.206. The van der Waals surface area contributed by atoms with Gasteiger partial charge in [0.15, 0.2) is 0 Å². The van der Waals surface area contributed by atoms with E-state index >= 15 is 0 Å². The fraction of sp³-hybridized carbons (Fsp3) is 0.250. The van der Waals surface area contributed by atoms with Crippen molar-refractivity contribution in [1.82, 2.24) is 4.98 Å². The fourth-order valence-corrected chi connectivity index (χ4v) is 3.35. The highest BCUT2D eigenvalue weighted by molar-refractivity contribution is 6.02. The molecule has 2 aromatic carbocycles. The van der Waals surface area contributed by atoms with Crippen LogP contribution in [0.15, 0.2) is 72.9 Å². The zero-order valence-corrected chi connectivity index (χ0v) is 19.7. The average molecular weight is 456 g/mol. The molecule has 1 aliphatic carbocycles. The molecule has 0 aliphatic heterocycles. The smallest absolute Gasteiger partial charge is 0.248 e. The number of carbonyl (C=O) groups excluding carboxylic acids is 2. The van der Waals surface area contributed by atoms with Crippen LogP contribution in [0.2, 0.25) is 0 Å². The van der Waals surface area contributed by atoms with Crippen LogP contribution < -0.4 is 15.4 Å². The molecule has 1 fully saturated rings. The fourth-order valence-electron chi connectivity index (χ4n) is 3.35. The van der Waals surface area contributed by atoms with Crippen LogP contribution >= 0.6 is 0 Å². The molecule has 3 aromatic rings. The summed E-state index contributed by atoms with van der Waals surface area (Å²) < 4.78 is 5.94. The van der Waals surface area contributed by atoms with Crippen LogP contribution in [0.25, 0.3) is 6.08 Å². The molecule has 1 aliphatic rings. The third-order valence-electron chi connectivity index (χ3n) is 5.45. The van der Waals surface area contributed by atoms with E-state index in [9.17, 15) is 9.59 Å². The zero-order valence-electron chi connectivity index (χ0n) is 19.7. The summed E-state index contributed by atoms with van der Waals surface area (Å²) >= 11 is 0. The quantitative estimate of drug-likeness (QED) is 0.417. The molecule has 2 N–H and O–H groups in total. The van der Waals surface area contributed by atoms with Crippen molar-refractivity contribution in [3.8, 4) is 11.5 Å². The Balaban J connectivity index is 1.38. The standard InChI is InChI=1S/C28H29N3O3/c1-28(2,3)21-7-5-8-22(17-21)30-26(32)13-10-19-6-4-9-23(16-19)34-24-14-15-29-25(18-24)31-27(33)20-11-12-20/h4-10,13-18,20H,11-12H2,1-3H3,(H,30,32)(H,29,31,33). The van der Waals surface area contributed by atoms with Gasteiger partial charge in [-0.1, -0.05) is 45.0 Å². The van der Waals surface area contributed by atoms with Crippen LogP contribution in [0.4, 0.5) is 11.5 Å². The van der Waals surface area contributed by atoms with Gasteiger partial charge in [0.25, 0.3) is 0 Å². The van der Waals surface area contributed by atoms with Crippen LogP contribution in [-0.2, 0) is 15.0 Å². The number of rotatable bonds is 7. The molecule has 0 spiro atoms. The van der Waals surface area contributed by atoms with Crippen molar-refractivity contribution in [1.29, 1.82) is 0 Å². The Morgan fingerprint density at radius 1 is 0.971 bits per heavy atom. The van der Waals surface area contributed by atoms with Crippen LogP contribution in [0.5, 0.6) is 11.5 Å². The SMILES string of the molecule is CC(C)(C)c1cccc(NC(=O)C=Cc2cccc(Oc3ccnc(NC(=O)C4CC4)c3)c2)c1. The largest absolute Gasteiger partial charge is 0.457 e. The first-order chi connectivity index (χ1) is 16.3. The van der Waals surface area contributed by atoms with Gasteiger partial charge >= 0.3 is 0 Å². The predicted octanol–water partition coefficient (Wildman–Crippen LogP) is 6.17. The maximum Gasteiger partial charge on any atom is 0.248 e. The Bertz CT molecular complexity index is 1220. The van der Waals surface area contributed by atoms with Crippen LogP contribution in [0, 0.1) is 5.92 Å². The molecule has 6 heteroatoms. The lowest BCUT2D eigenvalue weighted by atomic mass is 9.87. The zero-order chi connectivity index (χ0) is 24.1. The Morgan fingerprint density at radius 3 is 2.50 bits per heavy atom. The Hall–Kier alpha value is -3.93. The van der Waals surface area contributed by atoms with Gasteiger partial charge in [-0.25, -0.2) is 4.98 Å². The Labute approximate surface area is 200 Å². The molecule has 174 valence electrons. The van der Waals surface area contributed by atoms with Gasteiger partial charge in [-0.2, -0.15) is 0 Å². The second kappa shape index (κ2) is 9.91. The molecule has 4 rings (SSSR count). The van der Waals surface area contributed by atoms with E-state index in [1.165, 1.54) is 6.08 Å². The van der Waals surface area contributed by atoms with Gasteiger partial charge in [0.2, 0.25) is 11.8 Å². The van der Waals surface area contributed by atoms with Gasteiger partial charge in [-0.15, -0.1) is 0 Å². The van der Waals surface area contributed by atoms with Crippen molar-refractivity contribution < 1.29 is 14.3 Å². The summed E-state index contributed by atoms with van der Waals surface area (Å²) in [5.41, 5.74) is 2.76. The summed E-state index contributed by atoms with van der Waals surface area (Å²) in [5.74, 6) is 1.56. The van der Waals surface area contributed by atoms with Crippen molar-refractivity contribution in [2.75, 3.05) is 10.6 Å². The molecular formula is C28H29N3O3. The third-order valence-corrected chi connectivity index (χ3v) is 5.45. The summed E-state index contributed by atoms with van der Waals surface area (Å²) in [5, 5.41) is 5.73. The summed E-state index contributed by atoms with van der Waals surface area (Å²) in [7, 11) is 0. The molecule has 1 aromatic heterocycles. The van der Waals surface area contributed by atoms with Crippen molar-refractivity contribution in [3.63, 3.8) is 0 Å². The van der Waals surface area contributed by atoms with E-state index < -0.39 is 0 Å². The number of nitrogens with zero attached hydrogens (tertiary/aromatic N) is 1. The molecule has 0 unspecified atom stereocenters. The number of hydrogen-bond acceptors (Lipinski definition) is 4.